The molecule has 156 valence electrons. The van der Waals surface area contributed by atoms with Crippen LogP contribution in [0.2, 0.25) is 0 Å². The van der Waals surface area contributed by atoms with Crippen molar-refractivity contribution >= 4 is 22.1 Å². The van der Waals surface area contributed by atoms with Crippen molar-refractivity contribution in [3.05, 3.63) is 87.9 Å². The number of hydrogen-bond acceptors (Lipinski definition) is 5. The number of halogens is 1. The standard InChI is InChI=1S/C24H24BrNO4/c1-16(26-15-17-14-18(25)12-13-21(17)27)24(28,19-8-4-6-10-22(19)29-2)20-9-5-7-11-23(20)30-3/h4-16,27-28H,1-3H3/t16-/m1/s1. The summed E-state index contributed by atoms with van der Waals surface area (Å²) in [5.74, 6) is 1.18. The number of aliphatic hydroxyl groups is 1. The predicted octanol–water partition coefficient (Wildman–Crippen LogP) is 4.92. The second-order valence-electron chi connectivity index (χ2n) is 6.82. The van der Waals surface area contributed by atoms with Crippen LogP contribution in [0.15, 0.2) is 76.2 Å². The molecule has 0 amide bonds. The molecule has 0 aliphatic heterocycles. The molecule has 0 aliphatic rings. The van der Waals surface area contributed by atoms with Crippen LogP contribution < -0.4 is 9.47 Å². The second-order valence-corrected chi connectivity index (χ2v) is 7.74. The van der Waals surface area contributed by atoms with Crippen LogP contribution in [-0.2, 0) is 5.60 Å². The van der Waals surface area contributed by atoms with E-state index in [0.717, 1.165) is 4.47 Å². The number of rotatable bonds is 7. The molecule has 2 N–H and O–H groups in total. The molecule has 30 heavy (non-hydrogen) atoms. The number of benzene rings is 3. The second kappa shape index (κ2) is 9.32. The quantitative estimate of drug-likeness (QED) is 0.482. The number of methoxy groups -OCH3 is 2. The molecule has 0 aliphatic carbocycles. The zero-order valence-electron chi connectivity index (χ0n) is 17.0. The van der Waals surface area contributed by atoms with Crippen LogP contribution in [0.5, 0.6) is 17.2 Å². The zero-order chi connectivity index (χ0) is 21.7. The molecule has 0 unspecified atom stereocenters. The highest BCUT2D eigenvalue weighted by Crippen LogP contribution is 2.43. The van der Waals surface area contributed by atoms with Gasteiger partial charge in [-0.2, -0.15) is 0 Å². The molecule has 3 aromatic rings. The van der Waals surface area contributed by atoms with Crippen molar-refractivity contribution in [3.63, 3.8) is 0 Å². The van der Waals surface area contributed by atoms with E-state index in [1.54, 1.807) is 50.8 Å². The molecule has 0 radical (unpaired) electrons. The van der Waals surface area contributed by atoms with Crippen LogP contribution in [0.4, 0.5) is 0 Å². The summed E-state index contributed by atoms with van der Waals surface area (Å²) in [6, 6.07) is 19.1. The third kappa shape index (κ3) is 4.20. The molecular formula is C24H24BrNO4. The van der Waals surface area contributed by atoms with Gasteiger partial charge in [-0.3, -0.25) is 4.99 Å². The molecule has 5 nitrogen and oxygen atoms in total. The van der Waals surface area contributed by atoms with Gasteiger partial charge in [-0.25, -0.2) is 0 Å². The topological polar surface area (TPSA) is 71.3 Å². The minimum Gasteiger partial charge on any atom is -0.507 e. The van der Waals surface area contributed by atoms with E-state index >= 15 is 0 Å². The van der Waals surface area contributed by atoms with E-state index in [0.29, 0.717) is 28.2 Å². The number of aliphatic imine (C=N–C) groups is 1. The maximum atomic E-state index is 12.1. The van der Waals surface area contributed by atoms with Gasteiger partial charge in [-0.15, -0.1) is 0 Å². The largest absolute Gasteiger partial charge is 0.507 e. The molecule has 0 saturated carbocycles. The van der Waals surface area contributed by atoms with Crippen LogP contribution in [0, 0.1) is 0 Å². The molecule has 3 aromatic carbocycles. The fourth-order valence-electron chi connectivity index (χ4n) is 3.44. The van der Waals surface area contributed by atoms with Crippen molar-refractivity contribution in [2.75, 3.05) is 14.2 Å². The first-order valence-corrected chi connectivity index (χ1v) is 10.2. The zero-order valence-corrected chi connectivity index (χ0v) is 18.6. The van der Waals surface area contributed by atoms with Crippen LogP contribution in [0.3, 0.4) is 0 Å². The van der Waals surface area contributed by atoms with Crippen LogP contribution in [0.25, 0.3) is 0 Å². The molecule has 3 rings (SSSR count). The highest BCUT2D eigenvalue weighted by Gasteiger charge is 2.42. The van der Waals surface area contributed by atoms with Crippen molar-refractivity contribution in [1.29, 1.82) is 0 Å². The Bertz CT molecular complexity index is 1000. The van der Waals surface area contributed by atoms with Crippen molar-refractivity contribution in [1.82, 2.24) is 0 Å². The number of ether oxygens (including phenoxy) is 2. The summed E-state index contributed by atoms with van der Waals surface area (Å²) < 4.78 is 11.9. The number of phenolic OH excluding ortho intramolecular Hbond substituents is 1. The molecular weight excluding hydrogens is 446 g/mol. The van der Waals surface area contributed by atoms with Crippen LogP contribution >= 0.6 is 15.9 Å². The van der Waals surface area contributed by atoms with Gasteiger partial charge in [0, 0.05) is 27.4 Å². The highest BCUT2D eigenvalue weighted by molar-refractivity contribution is 9.10. The number of nitrogens with zero attached hydrogens (tertiary/aromatic N) is 1. The van der Waals surface area contributed by atoms with Gasteiger partial charge in [0.05, 0.1) is 20.3 Å². The fourth-order valence-corrected chi connectivity index (χ4v) is 3.82. The molecule has 0 bridgehead atoms. The summed E-state index contributed by atoms with van der Waals surface area (Å²) in [6.45, 7) is 1.81. The first-order chi connectivity index (χ1) is 14.4. The maximum Gasteiger partial charge on any atom is 0.144 e. The van der Waals surface area contributed by atoms with Crippen molar-refractivity contribution in [3.8, 4) is 17.2 Å². The van der Waals surface area contributed by atoms with Crippen LogP contribution in [0.1, 0.15) is 23.6 Å². The van der Waals surface area contributed by atoms with Gasteiger partial charge in [-0.05, 0) is 37.3 Å². The Hall–Kier alpha value is -2.83. The summed E-state index contributed by atoms with van der Waals surface area (Å²) in [7, 11) is 3.13. The minimum absolute atomic E-state index is 0.104. The van der Waals surface area contributed by atoms with Crippen molar-refractivity contribution < 1.29 is 19.7 Å². The number of aromatic hydroxyl groups is 1. The molecule has 0 fully saturated rings. The lowest BCUT2D eigenvalue weighted by molar-refractivity contribution is 0.0538. The Balaban J connectivity index is 2.16. The third-order valence-electron chi connectivity index (χ3n) is 5.07. The highest BCUT2D eigenvalue weighted by atomic mass is 79.9. The number of phenols is 1. The van der Waals surface area contributed by atoms with E-state index in [2.05, 4.69) is 20.9 Å². The lowest BCUT2D eigenvalue weighted by atomic mass is 9.80. The molecule has 0 aromatic heterocycles. The fraction of sp³-hybridized carbons (Fsp3) is 0.208. The van der Waals surface area contributed by atoms with E-state index < -0.39 is 11.6 Å². The average Bonchev–Trinajstić information content (AvgIpc) is 2.78. The third-order valence-corrected chi connectivity index (χ3v) is 5.56. The monoisotopic (exact) mass is 469 g/mol. The lowest BCUT2D eigenvalue weighted by Crippen LogP contribution is -2.38. The van der Waals surface area contributed by atoms with Crippen molar-refractivity contribution in [2.45, 2.75) is 18.6 Å². The summed E-state index contributed by atoms with van der Waals surface area (Å²) in [4.78, 5) is 4.61. The van der Waals surface area contributed by atoms with E-state index in [9.17, 15) is 10.2 Å². The Morgan fingerprint density at radius 3 is 2.00 bits per heavy atom. The van der Waals surface area contributed by atoms with Gasteiger partial charge in [0.2, 0.25) is 0 Å². The van der Waals surface area contributed by atoms with E-state index in [1.807, 2.05) is 43.3 Å². The van der Waals surface area contributed by atoms with Gasteiger partial charge in [0.1, 0.15) is 22.8 Å². The lowest BCUT2D eigenvalue weighted by Gasteiger charge is -2.35. The molecule has 0 saturated heterocycles. The first-order valence-electron chi connectivity index (χ1n) is 9.42. The summed E-state index contributed by atoms with van der Waals surface area (Å²) in [5.41, 5.74) is 0.135. The predicted molar refractivity (Wildman–Crippen MR) is 122 cm³/mol. The van der Waals surface area contributed by atoms with Crippen molar-refractivity contribution in [2.24, 2.45) is 4.99 Å². The Kier molecular flexibility index (Phi) is 6.80. The summed E-state index contributed by atoms with van der Waals surface area (Å²) in [6.07, 6.45) is 1.56. The Morgan fingerprint density at radius 1 is 0.933 bits per heavy atom. The van der Waals surface area contributed by atoms with Gasteiger partial charge in [0.25, 0.3) is 0 Å². The van der Waals surface area contributed by atoms with E-state index in [-0.39, 0.29) is 5.75 Å². The molecule has 0 spiro atoms. The smallest absolute Gasteiger partial charge is 0.144 e. The number of hydrogen-bond donors (Lipinski definition) is 2. The first kappa shape index (κ1) is 21.9. The molecule has 1 atom stereocenters. The van der Waals surface area contributed by atoms with Gasteiger partial charge < -0.3 is 19.7 Å². The van der Waals surface area contributed by atoms with Gasteiger partial charge in [-0.1, -0.05) is 52.3 Å². The SMILES string of the molecule is COc1ccccc1C(O)(c1ccccc1OC)[C@@H](C)N=Cc1cc(Br)ccc1O. The molecule has 6 heteroatoms. The van der Waals surface area contributed by atoms with E-state index in [4.69, 9.17) is 9.47 Å². The molecule has 0 heterocycles. The maximum absolute atomic E-state index is 12.1. The normalized spacial score (nSPS) is 12.7. The average molecular weight is 470 g/mol. The minimum atomic E-state index is -1.54. The Morgan fingerprint density at radius 2 is 1.47 bits per heavy atom. The summed E-state index contributed by atoms with van der Waals surface area (Å²) in [5, 5.41) is 22.2. The van der Waals surface area contributed by atoms with Gasteiger partial charge >= 0.3 is 0 Å². The van der Waals surface area contributed by atoms with Crippen LogP contribution in [-0.4, -0.2) is 36.7 Å². The summed E-state index contributed by atoms with van der Waals surface area (Å²) >= 11 is 3.40. The number of para-hydroxylation sites is 2. The van der Waals surface area contributed by atoms with E-state index in [1.165, 1.54) is 0 Å². The van der Waals surface area contributed by atoms with Gasteiger partial charge in [0.15, 0.2) is 0 Å². The Labute approximate surface area is 184 Å².